The molecule has 0 bridgehead atoms. The Morgan fingerprint density at radius 3 is 2.61 bits per heavy atom. The largest absolute Gasteiger partial charge is 0.466 e. The molecule has 0 radical (unpaired) electrons. The first-order valence-corrected chi connectivity index (χ1v) is 6.61. The second-order valence-corrected chi connectivity index (χ2v) is 4.23. The zero-order valence-electron chi connectivity index (χ0n) is 12.1. The molecule has 0 aromatic carbocycles. The third-order valence-electron chi connectivity index (χ3n) is 2.54. The van der Waals surface area contributed by atoms with Gasteiger partial charge in [0.25, 0.3) is 0 Å². The SMILES string of the molecule is C=CCC.CCOC(C)OC1=CCC(C)C(N)=C1. The Morgan fingerprint density at radius 1 is 1.56 bits per heavy atom. The van der Waals surface area contributed by atoms with Crippen molar-refractivity contribution in [3.63, 3.8) is 0 Å². The average molecular weight is 253 g/mol. The minimum Gasteiger partial charge on any atom is -0.466 e. The molecule has 2 N–H and O–H groups in total. The van der Waals surface area contributed by atoms with Gasteiger partial charge in [0.05, 0.1) is 0 Å². The van der Waals surface area contributed by atoms with Crippen LogP contribution < -0.4 is 5.73 Å². The smallest absolute Gasteiger partial charge is 0.196 e. The van der Waals surface area contributed by atoms with E-state index >= 15 is 0 Å². The van der Waals surface area contributed by atoms with Gasteiger partial charge in [-0.05, 0) is 44.8 Å². The molecule has 1 aliphatic rings. The average Bonchev–Trinajstić information content (AvgIpc) is 2.34. The molecule has 0 fully saturated rings. The summed E-state index contributed by atoms with van der Waals surface area (Å²) in [5.41, 5.74) is 6.70. The first-order chi connectivity index (χ1) is 8.54. The first-order valence-electron chi connectivity index (χ1n) is 6.61. The normalized spacial score (nSPS) is 19.9. The van der Waals surface area contributed by atoms with Gasteiger partial charge < -0.3 is 15.2 Å². The van der Waals surface area contributed by atoms with Crippen LogP contribution in [0.3, 0.4) is 0 Å². The summed E-state index contributed by atoms with van der Waals surface area (Å²) in [4.78, 5) is 0. The Morgan fingerprint density at radius 2 is 2.17 bits per heavy atom. The quantitative estimate of drug-likeness (QED) is 0.599. The Hall–Kier alpha value is -1.22. The molecule has 0 heterocycles. The van der Waals surface area contributed by atoms with Gasteiger partial charge in [-0.15, -0.1) is 6.58 Å². The summed E-state index contributed by atoms with van der Waals surface area (Å²) >= 11 is 0. The summed E-state index contributed by atoms with van der Waals surface area (Å²) in [6.45, 7) is 12.1. The minimum atomic E-state index is -0.205. The van der Waals surface area contributed by atoms with Gasteiger partial charge in [-0.2, -0.15) is 0 Å². The number of hydrogen-bond donors (Lipinski definition) is 1. The number of nitrogens with two attached hydrogens (primary N) is 1. The summed E-state index contributed by atoms with van der Waals surface area (Å²) in [6, 6.07) is 0. The third kappa shape index (κ3) is 7.17. The lowest BCUT2D eigenvalue weighted by Crippen LogP contribution is -2.16. The van der Waals surface area contributed by atoms with Gasteiger partial charge in [-0.3, -0.25) is 0 Å². The van der Waals surface area contributed by atoms with Gasteiger partial charge in [0.15, 0.2) is 6.29 Å². The van der Waals surface area contributed by atoms with Crippen molar-refractivity contribution < 1.29 is 9.47 Å². The number of allylic oxidation sites excluding steroid dienone is 4. The standard InChI is InChI=1S/C11H19NO2.C4H8/c1-4-13-9(3)14-10-6-5-8(2)11(12)7-10;1-3-4-2/h6-9H,4-5,12H2,1-3H3;3H,1,4H2,2H3. The highest BCUT2D eigenvalue weighted by molar-refractivity contribution is 5.23. The summed E-state index contributed by atoms with van der Waals surface area (Å²) in [6.07, 6.45) is 7.63. The Labute approximate surface area is 111 Å². The van der Waals surface area contributed by atoms with E-state index in [4.69, 9.17) is 15.2 Å². The molecule has 2 atom stereocenters. The van der Waals surface area contributed by atoms with Gasteiger partial charge >= 0.3 is 0 Å². The zero-order chi connectivity index (χ0) is 14.0. The molecular formula is C15H27NO2. The molecule has 0 saturated heterocycles. The van der Waals surface area contributed by atoms with Crippen LogP contribution in [0.2, 0.25) is 0 Å². The van der Waals surface area contributed by atoms with Crippen LogP contribution in [0.4, 0.5) is 0 Å². The third-order valence-corrected chi connectivity index (χ3v) is 2.54. The van der Waals surface area contributed by atoms with E-state index in [1.165, 1.54) is 0 Å². The van der Waals surface area contributed by atoms with Crippen molar-refractivity contribution in [2.24, 2.45) is 11.7 Å². The van der Waals surface area contributed by atoms with Gasteiger partial charge in [-0.1, -0.05) is 19.9 Å². The Bertz CT molecular complexity index is 295. The topological polar surface area (TPSA) is 44.5 Å². The lowest BCUT2D eigenvalue weighted by Gasteiger charge is -2.20. The molecular weight excluding hydrogens is 226 g/mol. The highest BCUT2D eigenvalue weighted by atomic mass is 16.7. The number of rotatable bonds is 5. The van der Waals surface area contributed by atoms with Crippen molar-refractivity contribution in [2.75, 3.05) is 6.61 Å². The highest BCUT2D eigenvalue weighted by Gasteiger charge is 2.12. The molecule has 104 valence electrons. The van der Waals surface area contributed by atoms with E-state index in [1.54, 1.807) is 0 Å². The predicted octanol–water partition coefficient (Wildman–Crippen LogP) is 3.73. The van der Waals surface area contributed by atoms with E-state index in [-0.39, 0.29) is 6.29 Å². The van der Waals surface area contributed by atoms with E-state index in [1.807, 2.05) is 26.0 Å². The molecule has 0 amide bonds. The number of ether oxygens (including phenoxy) is 2. The summed E-state index contributed by atoms with van der Waals surface area (Å²) < 4.78 is 10.8. The Balaban J connectivity index is 0.000000631. The maximum Gasteiger partial charge on any atom is 0.196 e. The van der Waals surface area contributed by atoms with Crippen LogP contribution in [0.15, 0.2) is 36.3 Å². The lowest BCUT2D eigenvalue weighted by molar-refractivity contribution is -0.0962. The maximum atomic E-state index is 5.82. The monoisotopic (exact) mass is 253 g/mol. The molecule has 0 spiro atoms. The van der Waals surface area contributed by atoms with Gasteiger partial charge in [0.1, 0.15) is 5.76 Å². The summed E-state index contributed by atoms with van der Waals surface area (Å²) in [7, 11) is 0. The highest BCUT2D eigenvalue weighted by Crippen LogP contribution is 2.21. The second-order valence-electron chi connectivity index (χ2n) is 4.23. The van der Waals surface area contributed by atoms with E-state index in [9.17, 15) is 0 Å². The van der Waals surface area contributed by atoms with Crippen LogP contribution in [0.1, 0.15) is 40.5 Å². The molecule has 2 unspecified atom stereocenters. The van der Waals surface area contributed by atoms with E-state index in [0.29, 0.717) is 12.5 Å². The zero-order valence-corrected chi connectivity index (χ0v) is 12.1. The molecule has 0 aromatic heterocycles. The predicted molar refractivity (Wildman–Crippen MR) is 76.8 cm³/mol. The minimum absolute atomic E-state index is 0.205. The molecule has 0 aromatic rings. The van der Waals surface area contributed by atoms with Crippen molar-refractivity contribution in [1.82, 2.24) is 0 Å². The fourth-order valence-electron chi connectivity index (χ4n) is 1.34. The fourth-order valence-corrected chi connectivity index (χ4v) is 1.34. The van der Waals surface area contributed by atoms with Crippen molar-refractivity contribution in [1.29, 1.82) is 0 Å². The molecule has 0 saturated carbocycles. The van der Waals surface area contributed by atoms with Crippen LogP contribution in [-0.4, -0.2) is 12.9 Å². The molecule has 0 aliphatic heterocycles. The molecule has 1 rings (SSSR count). The molecule has 1 aliphatic carbocycles. The molecule has 3 heteroatoms. The maximum absolute atomic E-state index is 5.82. The van der Waals surface area contributed by atoms with E-state index in [2.05, 4.69) is 26.5 Å². The molecule has 3 nitrogen and oxygen atoms in total. The summed E-state index contributed by atoms with van der Waals surface area (Å²) in [5, 5.41) is 0. The van der Waals surface area contributed by atoms with Crippen molar-refractivity contribution in [3.8, 4) is 0 Å². The Kier molecular flexibility index (Phi) is 9.11. The van der Waals surface area contributed by atoms with Crippen molar-refractivity contribution in [2.45, 2.75) is 46.8 Å². The van der Waals surface area contributed by atoms with Crippen LogP contribution >= 0.6 is 0 Å². The van der Waals surface area contributed by atoms with Gasteiger partial charge in [0, 0.05) is 12.3 Å². The first kappa shape index (κ1) is 16.8. The summed E-state index contributed by atoms with van der Waals surface area (Å²) in [5.74, 6) is 1.24. The van der Waals surface area contributed by atoms with Gasteiger partial charge in [0.2, 0.25) is 0 Å². The van der Waals surface area contributed by atoms with Gasteiger partial charge in [-0.25, -0.2) is 0 Å². The van der Waals surface area contributed by atoms with Crippen LogP contribution in [0, 0.1) is 5.92 Å². The van der Waals surface area contributed by atoms with Crippen molar-refractivity contribution >= 4 is 0 Å². The van der Waals surface area contributed by atoms with E-state index < -0.39 is 0 Å². The van der Waals surface area contributed by atoms with Crippen LogP contribution in [-0.2, 0) is 9.47 Å². The fraction of sp³-hybridized carbons (Fsp3) is 0.600. The van der Waals surface area contributed by atoms with Crippen LogP contribution in [0.25, 0.3) is 0 Å². The number of hydrogen-bond acceptors (Lipinski definition) is 3. The second kappa shape index (κ2) is 9.77. The van der Waals surface area contributed by atoms with E-state index in [0.717, 1.165) is 24.3 Å². The van der Waals surface area contributed by atoms with Crippen molar-refractivity contribution in [3.05, 3.63) is 36.3 Å². The van der Waals surface area contributed by atoms with Crippen LogP contribution in [0.5, 0.6) is 0 Å². The molecule has 18 heavy (non-hydrogen) atoms. The lowest BCUT2D eigenvalue weighted by atomic mass is 9.99.